The van der Waals surface area contributed by atoms with E-state index in [1.54, 1.807) is 19.2 Å². The first kappa shape index (κ1) is 17.0. The third-order valence-corrected chi connectivity index (χ3v) is 4.12. The molecule has 2 aromatic carbocycles. The quantitative estimate of drug-likeness (QED) is 0.727. The minimum atomic E-state index is -0.487. The van der Waals surface area contributed by atoms with E-state index in [0.717, 1.165) is 16.9 Å². The van der Waals surface area contributed by atoms with Gasteiger partial charge in [0.25, 0.3) is 5.56 Å². The molecule has 0 fully saturated rings. The molecule has 2 N–H and O–H groups in total. The van der Waals surface area contributed by atoms with Crippen molar-refractivity contribution in [2.75, 3.05) is 12.4 Å². The summed E-state index contributed by atoms with van der Waals surface area (Å²) in [6, 6.07) is 13.2. The predicted octanol–water partition coefficient (Wildman–Crippen LogP) is 3.77. The highest BCUT2D eigenvalue weighted by molar-refractivity contribution is 6.32. The number of hydrogen-bond donors (Lipinski definition) is 2. The monoisotopic (exact) mass is 359 g/mol. The third kappa shape index (κ3) is 3.80. The van der Waals surface area contributed by atoms with Gasteiger partial charge in [0.05, 0.1) is 25.0 Å². The Morgan fingerprint density at radius 1 is 1.12 bits per heavy atom. The van der Waals surface area contributed by atoms with E-state index in [0.29, 0.717) is 5.69 Å². The van der Waals surface area contributed by atoms with Crippen LogP contribution in [-0.2, 0) is 0 Å². The van der Waals surface area contributed by atoms with Crippen LogP contribution in [0.2, 0.25) is 5.02 Å². The fraction of sp³-hybridized carbons (Fsp3) is 0.111. The molecule has 3 aromatic rings. The zero-order valence-electron chi connectivity index (χ0n) is 13.3. The Morgan fingerprint density at radius 2 is 1.72 bits per heavy atom. The van der Waals surface area contributed by atoms with Gasteiger partial charge in [0.1, 0.15) is 16.6 Å². The number of H-pyrrole nitrogens is 1. The fourth-order valence-corrected chi connectivity index (χ4v) is 2.60. The van der Waals surface area contributed by atoms with Crippen molar-refractivity contribution >= 4 is 17.3 Å². The van der Waals surface area contributed by atoms with E-state index >= 15 is 0 Å². The van der Waals surface area contributed by atoms with E-state index in [2.05, 4.69) is 15.5 Å². The Balaban J connectivity index is 2.03. The molecule has 0 aliphatic carbocycles. The molecule has 3 rings (SSSR count). The maximum Gasteiger partial charge on any atom is 0.285 e. The van der Waals surface area contributed by atoms with Crippen LogP contribution in [0.3, 0.4) is 0 Å². The van der Waals surface area contributed by atoms with Crippen LogP contribution in [0.15, 0.2) is 59.5 Å². The van der Waals surface area contributed by atoms with Crippen LogP contribution in [0.5, 0.6) is 5.75 Å². The van der Waals surface area contributed by atoms with Crippen molar-refractivity contribution in [3.05, 3.63) is 87.0 Å². The number of benzene rings is 2. The molecule has 0 amide bonds. The largest absolute Gasteiger partial charge is 0.497 e. The highest BCUT2D eigenvalue weighted by Crippen LogP contribution is 2.29. The zero-order chi connectivity index (χ0) is 17.8. The summed E-state index contributed by atoms with van der Waals surface area (Å²) in [4.78, 5) is 11.7. The lowest BCUT2D eigenvalue weighted by Gasteiger charge is -2.21. The van der Waals surface area contributed by atoms with Crippen molar-refractivity contribution in [3.63, 3.8) is 0 Å². The van der Waals surface area contributed by atoms with E-state index in [1.165, 1.54) is 18.3 Å². The lowest BCUT2D eigenvalue weighted by Crippen LogP contribution is -2.17. The molecule has 1 aromatic heterocycles. The van der Waals surface area contributed by atoms with E-state index in [-0.39, 0.29) is 16.9 Å². The average molecular weight is 360 g/mol. The number of halogens is 2. The molecule has 0 spiro atoms. The Kier molecular flexibility index (Phi) is 5.00. The number of aromatic nitrogens is 2. The van der Waals surface area contributed by atoms with Crippen LogP contribution in [0, 0.1) is 5.82 Å². The van der Waals surface area contributed by atoms with Crippen LogP contribution in [0.4, 0.5) is 10.1 Å². The summed E-state index contributed by atoms with van der Waals surface area (Å²) in [7, 11) is 1.59. The fourth-order valence-electron chi connectivity index (χ4n) is 2.45. The highest BCUT2D eigenvalue weighted by atomic mass is 35.5. The van der Waals surface area contributed by atoms with Crippen molar-refractivity contribution < 1.29 is 9.13 Å². The summed E-state index contributed by atoms with van der Waals surface area (Å²) in [6.07, 6.45) is 1.43. The number of ether oxygens (including phenoxy) is 1. The third-order valence-electron chi connectivity index (χ3n) is 3.75. The first-order valence-corrected chi connectivity index (χ1v) is 7.85. The van der Waals surface area contributed by atoms with Gasteiger partial charge in [0, 0.05) is 0 Å². The van der Waals surface area contributed by atoms with Crippen molar-refractivity contribution in [3.8, 4) is 5.75 Å². The Morgan fingerprint density at radius 3 is 2.32 bits per heavy atom. The minimum absolute atomic E-state index is 0.00984. The number of nitrogens with zero attached hydrogens (tertiary/aromatic N) is 1. The highest BCUT2D eigenvalue weighted by Gasteiger charge is 2.17. The molecule has 0 radical (unpaired) electrons. The average Bonchev–Trinajstić information content (AvgIpc) is 2.64. The Bertz CT molecular complexity index is 911. The molecule has 0 aliphatic heterocycles. The molecule has 5 nitrogen and oxygen atoms in total. The predicted molar refractivity (Wildman–Crippen MR) is 94.7 cm³/mol. The number of hydrogen-bond acceptors (Lipinski definition) is 4. The van der Waals surface area contributed by atoms with Gasteiger partial charge >= 0.3 is 0 Å². The standard InChI is InChI=1S/C18H15ClFN3O2/c1-25-14-8-4-12(5-9-14)17(11-2-6-13(20)7-3-11)22-15-10-21-23-18(24)16(15)19/h2-10,17H,1H3,(H2,22,23,24). The van der Waals surface area contributed by atoms with Crippen molar-refractivity contribution in [1.29, 1.82) is 0 Å². The summed E-state index contributed by atoms with van der Waals surface area (Å²) < 4.78 is 18.5. The zero-order valence-corrected chi connectivity index (χ0v) is 14.0. The van der Waals surface area contributed by atoms with Crippen molar-refractivity contribution in [2.24, 2.45) is 0 Å². The number of methoxy groups -OCH3 is 1. The maximum absolute atomic E-state index is 13.3. The number of nitrogens with one attached hydrogen (secondary N) is 2. The van der Waals surface area contributed by atoms with E-state index < -0.39 is 5.56 Å². The summed E-state index contributed by atoms with van der Waals surface area (Å²) in [5.74, 6) is 0.394. The summed E-state index contributed by atoms with van der Waals surface area (Å²) >= 11 is 6.06. The first-order chi connectivity index (χ1) is 12.1. The molecular formula is C18H15ClFN3O2. The lowest BCUT2D eigenvalue weighted by atomic mass is 9.98. The van der Waals surface area contributed by atoms with Crippen molar-refractivity contribution in [2.45, 2.75) is 6.04 Å². The van der Waals surface area contributed by atoms with Crippen LogP contribution in [0.1, 0.15) is 17.2 Å². The maximum atomic E-state index is 13.3. The van der Waals surface area contributed by atoms with Crippen LogP contribution in [-0.4, -0.2) is 17.3 Å². The van der Waals surface area contributed by atoms with Gasteiger partial charge in [-0.15, -0.1) is 0 Å². The Labute approximate surface area is 148 Å². The molecule has 1 unspecified atom stereocenters. The van der Waals surface area contributed by atoms with Gasteiger partial charge in [0.2, 0.25) is 0 Å². The second-order valence-electron chi connectivity index (χ2n) is 5.33. The molecule has 0 saturated heterocycles. The Hall–Kier alpha value is -2.86. The van der Waals surface area contributed by atoms with Crippen LogP contribution < -0.4 is 15.6 Å². The molecule has 128 valence electrons. The van der Waals surface area contributed by atoms with Gasteiger partial charge in [-0.25, -0.2) is 9.49 Å². The van der Waals surface area contributed by atoms with E-state index in [4.69, 9.17) is 16.3 Å². The molecule has 1 heterocycles. The van der Waals surface area contributed by atoms with Gasteiger partial charge < -0.3 is 10.1 Å². The lowest BCUT2D eigenvalue weighted by molar-refractivity contribution is 0.414. The number of aromatic amines is 1. The van der Waals surface area contributed by atoms with Gasteiger partial charge in [-0.2, -0.15) is 5.10 Å². The second-order valence-corrected chi connectivity index (χ2v) is 5.71. The number of rotatable bonds is 5. The number of anilines is 1. The molecular weight excluding hydrogens is 345 g/mol. The van der Waals surface area contributed by atoms with Crippen LogP contribution >= 0.6 is 11.6 Å². The normalized spacial score (nSPS) is 11.8. The molecule has 0 bridgehead atoms. The second kappa shape index (κ2) is 7.36. The van der Waals surface area contributed by atoms with E-state index in [1.807, 2.05) is 24.3 Å². The molecule has 25 heavy (non-hydrogen) atoms. The van der Waals surface area contributed by atoms with Gasteiger partial charge in [0.15, 0.2) is 0 Å². The summed E-state index contributed by atoms with van der Waals surface area (Å²) in [6.45, 7) is 0. The smallest absolute Gasteiger partial charge is 0.285 e. The van der Waals surface area contributed by atoms with Gasteiger partial charge in [-0.05, 0) is 35.4 Å². The molecule has 7 heteroatoms. The molecule has 1 atom stereocenters. The molecule has 0 aliphatic rings. The van der Waals surface area contributed by atoms with E-state index in [9.17, 15) is 9.18 Å². The summed E-state index contributed by atoms with van der Waals surface area (Å²) in [5.41, 5.74) is 1.60. The SMILES string of the molecule is COc1ccc(C(Nc2cn[nH]c(=O)c2Cl)c2ccc(F)cc2)cc1. The first-order valence-electron chi connectivity index (χ1n) is 7.47. The van der Waals surface area contributed by atoms with Crippen molar-refractivity contribution in [1.82, 2.24) is 10.2 Å². The topological polar surface area (TPSA) is 67.0 Å². The van der Waals surface area contributed by atoms with Gasteiger partial charge in [-0.3, -0.25) is 4.79 Å². The minimum Gasteiger partial charge on any atom is -0.497 e. The van der Waals surface area contributed by atoms with Gasteiger partial charge in [-0.1, -0.05) is 35.9 Å². The van der Waals surface area contributed by atoms with Crippen LogP contribution in [0.25, 0.3) is 0 Å². The summed E-state index contributed by atoms with van der Waals surface area (Å²) in [5, 5.41) is 9.24. The molecule has 0 saturated carbocycles.